The van der Waals surface area contributed by atoms with Gasteiger partial charge in [-0.1, -0.05) is 0 Å². The van der Waals surface area contributed by atoms with Crippen molar-refractivity contribution in [2.75, 3.05) is 26.4 Å². The number of aromatic nitrogens is 2. The Labute approximate surface area is 118 Å². The van der Waals surface area contributed by atoms with Gasteiger partial charge in [-0.15, -0.1) is 0 Å². The van der Waals surface area contributed by atoms with E-state index in [9.17, 15) is 13.2 Å². The second-order valence-electron chi connectivity index (χ2n) is 4.84. The summed E-state index contributed by atoms with van der Waals surface area (Å²) in [6.07, 6.45) is 4.01. The lowest BCUT2D eigenvalue weighted by Crippen LogP contribution is -2.37. The zero-order valence-electron chi connectivity index (χ0n) is 11.5. The van der Waals surface area contributed by atoms with Gasteiger partial charge in [0.1, 0.15) is 12.0 Å². The minimum atomic E-state index is -3.12. The fourth-order valence-electron chi connectivity index (χ4n) is 2.33. The summed E-state index contributed by atoms with van der Waals surface area (Å²) >= 11 is 0. The third kappa shape index (κ3) is 3.31. The molecular formula is C12H18N4O3S. The van der Waals surface area contributed by atoms with Crippen LogP contribution in [0.1, 0.15) is 34.9 Å². The van der Waals surface area contributed by atoms with Gasteiger partial charge in [0.2, 0.25) is 10.0 Å². The van der Waals surface area contributed by atoms with Crippen LogP contribution in [0.4, 0.5) is 0 Å². The van der Waals surface area contributed by atoms with Crippen LogP contribution in [-0.2, 0) is 10.0 Å². The average molecular weight is 298 g/mol. The van der Waals surface area contributed by atoms with Crippen molar-refractivity contribution >= 4 is 15.9 Å². The molecule has 110 valence electrons. The first-order valence-corrected chi connectivity index (χ1v) is 8.26. The zero-order chi connectivity index (χ0) is 14.8. The Balaban J connectivity index is 2.09. The van der Waals surface area contributed by atoms with Crippen LogP contribution >= 0.6 is 0 Å². The molecule has 1 fully saturated rings. The molecule has 1 aliphatic rings. The van der Waals surface area contributed by atoms with Crippen molar-refractivity contribution in [1.82, 2.24) is 19.6 Å². The molecule has 1 saturated heterocycles. The van der Waals surface area contributed by atoms with E-state index in [4.69, 9.17) is 0 Å². The summed E-state index contributed by atoms with van der Waals surface area (Å²) in [4.78, 5) is 19.7. The molecule has 0 atom stereocenters. The largest absolute Gasteiger partial charge is 0.354 e. The molecule has 8 heteroatoms. The molecule has 1 aromatic rings. The highest BCUT2D eigenvalue weighted by molar-refractivity contribution is 7.88. The topological polar surface area (TPSA) is 92.3 Å². The van der Waals surface area contributed by atoms with E-state index in [2.05, 4.69) is 15.3 Å². The number of carbonyl (C=O) groups is 1. The highest BCUT2D eigenvalue weighted by Gasteiger charge is 2.26. The standard InChI is InChI=1S/C12H18N4O3S/c1-13-12(17)11-7-10(14-8-15-11)9-3-5-16(6-4-9)20(2,18)19/h7-9H,3-6H2,1-2H3,(H,13,17). The van der Waals surface area contributed by atoms with Gasteiger partial charge in [0.25, 0.3) is 5.91 Å². The predicted octanol–water partition coefficient (Wildman–Crippen LogP) is -0.0248. The van der Waals surface area contributed by atoms with Gasteiger partial charge in [-0.2, -0.15) is 0 Å². The minimum Gasteiger partial charge on any atom is -0.354 e. The number of hydrogen-bond donors (Lipinski definition) is 1. The molecule has 2 heterocycles. The Morgan fingerprint density at radius 3 is 2.55 bits per heavy atom. The molecule has 20 heavy (non-hydrogen) atoms. The van der Waals surface area contributed by atoms with E-state index in [1.165, 1.54) is 16.9 Å². The molecule has 0 unspecified atom stereocenters. The van der Waals surface area contributed by atoms with E-state index < -0.39 is 10.0 Å². The first kappa shape index (κ1) is 14.9. The second-order valence-corrected chi connectivity index (χ2v) is 6.83. The lowest BCUT2D eigenvalue weighted by molar-refractivity contribution is 0.0957. The highest BCUT2D eigenvalue weighted by Crippen LogP contribution is 2.27. The lowest BCUT2D eigenvalue weighted by Gasteiger charge is -2.29. The van der Waals surface area contributed by atoms with E-state index in [-0.39, 0.29) is 11.8 Å². The Morgan fingerprint density at radius 1 is 1.35 bits per heavy atom. The van der Waals surface area contributed by atoms with Crippen molar-refractivity contribution in [2.45, 2.75) is 18.8 Å². The number of amides is 1. The zero-order valence-corrected chi connectivity index (χ0v) is 12.4. The second kappa shape index (κ2) is 5.84. The summed E-state index contributed by atoms with van der Waals surface area (Å²) in [6.45, 7) is 0.978. The number of piperidine rings is 1. The summed E-state index contributed by atoms with van der Waals surface area (Å²) in [6, 6.07) is 1.68. The molecule has 0 saturated carbocycles. The van der Waals surface area contributed by atoms with Crippen molar-refractivity contribution in [1.29, 1.82) is 0 Å². The number of carbonyl (C=O) groups excluding carboxylic acids is 1. The van der Waals surface area contributed by atoms with Gasteiger partial charge >= 0.3 is 0 Å². The number of nitrogens with zero attached hydrogens (tertiary/aromatic N) is 3. The van der Waals surface area contributed by atoms with Gasteiger partial charge in [-0.05, 0) is 18.9 Å². The van der Waals surface area contributed by atoms with E-state index in [1.54, 1.807) is 13.1 Å². The van der Waals surface area contributed by atoms with Crippen LogP contribution in [-0.4, -0.2) is 55.0 Å². The maximum absolute atomic E-state index is 11.5. The Morgan fingerprint density at radius 2 is 2.00 bits per heavy atom. The van der Waals surface area contributed by atoms with Crippen molar-refractivity contribution < 1.29 is 13.2 Å². The number of nitrogens with one attached hydrogen (secondary N) is 1. The smallest absolute Gasteiger partial charge is 0.269 e. The minimum absolute atomic E-state index is 0.166. The molecule has 1 N–H and O–H groups in total. The summed E-state index contributed by atoms with van der Waals surface area (Å²) < 4.78 is 24.4. The molecule has 0 bridgehead atoms. The summed E-state index contributed by atoms with van der Waals surface area (Å²) in [5, 5.41) is 2.52. The summed E-state index contributed by atoms with van der Waals surface area (Å²) in [5.74, 6) is -0.0818. The van der Waals surface area contributed by atoms with Crippen LogP contribution in [0, 0.1) is 0 Å². The van der Waals surface area contributed by atoms with E-state index >= 15 is 0 Å². The maximum Gasteiger partial charge on any atom is 0.269 e. The van der Waals surface area contributed by atoms with Crippen molar-refractivity contribution in [3.63, 3.8) is 0 Å². The molecule has 1 aliphatic heterocycles. The normalized spacial score (nSPS) is 17.9. The summed E-state index contributed by atoms with van der Waals surface area (Å²) in [7, 11) is -1.57. The quantitative estimate of drug-likeness (QED) is 0.846. The fourth-order valence-corrected chi connectivity index (χ4v) is 3.21. The molecule has 0 aromatic carbocycles. The number of rotatable bonds is 3. The third-order valence-electron chi connectivity index (χ3n) is 3.49. The van der Waals surface area contributed by atoms with Gasteiger partial charge in [0.15, 0.2) is 0 Å². The Hall–Kier alpha value is -1.54. The van der Waals surface area contributed by atoms with Crippen LogP contribution < -0.4 is 5.32 Å². The fraction of sp³-hybridized carbons (Fsp3) is 0.583. The molecule has 0 aliphatic carbocycles. The first-order valence-electron chi connectivity index (χ1n) is 6.41. The Kier molecular flexibility index (Phi) is 4.34. The monoisotopic (exact) mass is 298 g/mol. The predicted molar refractivity (Wildman–Crippen MR) is 73.8 cm³/mol. The highest BCUT2D eigenvalue weighted by atomic mass is 32.2. The van der Waals surface area contributed by atoms with E-state index in [0.717, 1.165) is 5.69 Å². The Bertz CT molecular complexity index is 594. The van der Waals surface area contributed by atoms with Gasteiger partial charge in [0, 0.05) is 31.7 Å². The maximum atomic E-state index is 11.5. The molecular weight excluding hydrogens is 280 g/mol. The van der Waals surface area contributed by atoms with Crippen LogP contribution in [0.5, 0.6) is 0 Å². The van der Waals surface area contributed by atoms with Gasteiger partial charge in [-0.3, -0.25) is 4.79 Å². The van der Waals surface area contributed by atoms with E-state index in [1.807, 2.05) is 0 Å². The number of hydrogen-bond acceptors (Lipinski definition) is 5. The van der Waals surface area contributed by atoms with Crippen molar-refractivity contribution in [3.8, 4) is 0 Å². The van der Waals surface area contributed by atoms with E-state index in [0.29, 0.717) is 31.6 Å². The van der Waals surface area contributed by atoms with Gasteiger partial charge in [0.05, 0.1) is 6.26 Å². The van der Waals surface area contributed by atoms with Crippen LogP contribution in [0.15, 0.2) is 12.4 Å². The van der Waals surface area contributed by atoms with Crippen LogP contribution in [0.2, 0.25) is 0 Å². The van der Waals surface area contributed by atoms with Gasteiger partial charge in [-0.25, -0.2) is 22.7 Å². The molecule has 0 spiro atoms. The molecule has 1 aromatic heterocycles. The van der Waals surface area contributed by atoms with Gasteiger partial charge < -0.3 is 5.32 Å². The molecule has 7 nitrogen and oxygen atoms in total. The molecule has 0 radical (unpaired) electrons. The number of sulfonamides is 1. The van der Waals surface area contributed by atoms with Crippen molar-refractivity contribution in [2.24, 2.45) is 0 Å². The molecule has 1 amide bonds. The average Bonchev–Trinajstić information content (AvgIpc) is 2.46. The lowest BCUT2D eigenvalue weighted by atomic mass is 9.94. The van der Waals surface area contributed by atoms with Crippen LogP contribution in [0.3, 0.4) is 0 Å². The van der Waals surface area contributed by atoms with Crippen LogP contribution in [0.25, 0.3) is 0 Å². The molecule has 2 rings (SSSR count). The van der Waals surface area contributed by atoms with Crippen molar-refractivity contribution in [3.05, 3.63) is 23.8 Å². The third-order valence-corrected chi connectivity index (χ3v) is 4.79. The first-order chi connectivity index (χ1) is 9.41. The SMILES string of the molecule is CNC(=O)c1cc(C2CCN(S(C)(=O)=O)CC2)ncn1. The summed E-state index contributed by atoms with van der Waals surface area (Å²) in [5.41, 5.74) is 1.13.